The van der Waals surface area contributed by atoms with Crippen LogP contribution in [-0.2, 0) is 7.05 Å². The number of nitrogens with one attached hydrogen (secondary N) is 2. The molecule has 0 saturated carbocycles. The summed E-state index contributed by atoms with van der Waals surface area (Å²) in [5.41, 5.74) is 3.44. The van der Waals surface area contributed by atoms with Gasteiger partial charge in [0.05, 0.1) is 6.04 Å². The lowest BCUT2D eigenvalue weighted by Gasteiger charge is -2.18. The molecule has 0 spiro atoms. The third-order valence-corrected chi connectivity index (χ3v) is 3.57. The predicted octanol–water partition coefficient (Wildman–Crippen LogP) is 2.03. The van der Waals surface area contributed by atoms with Crippen molar-refractivity contribution in [1.29, 1.82) is 0 Å². The molecule has 0 aliphatic carbocycles. The van der Waals surface area contributed by atoms with E-state index in [0.717, 1.165) is 12.0 Å². The van der Waals surface area contributed by atoms with Crippen LogP contribution < -0.4 is 10.8 Å². The zero-order valence-electron chi connectivity index (χ0n) is 12.5. The van der Waals surface area contributed by atoms with E-state index in [-0.39, 0.29) is 11.9 Å². The second kappa shape index (κ2) is 6.91. The van der Waals surface area contributed by atoms with E-state index in [0.29, 0.717) is 11.3 Å². The molecule has 0 radical (unpaired) electrons. The molecule has 22 heavy (non-hydrogen) atoms. The lowest BCUT2D eigenvalue weighted by atomic mass is 10.0. The number of hydrogen-bond donors (Lipinski definition) is 3. The standard InChI is InChI=1S/C16H19N3O3/c1-3-13(17-16(21)14-5-4-10-19(14)2)11-6-8-12(9-7-11)15(20)18-22/h4-10,13,22H,3H2,1-2H3,(H,17,21)(H,18,20). The fraction of sp³-hybridized carbons (Fsp3) is 0.250. The lowest BCUT2D eigenvalue weighted by Crippen LogP contribution is -2.29. The summed E-state index contributed by atoms with van der Waals surface area (Å²) in [5, 5.41) is 11.6. The molecule has 0 aliphatic rings. The minimum atomic E-state index is -0.563. The quantitative estimate of drug-likeness (QED) is 0.583. The van der Waals surface area contributed by atoms with Crippen molar-refractivity contribution in [3.8, 4) is 0 Å². The van der Waals surface area contributed by atoms with Crippen molar-refractivity contribution in [3.63, 3.8) is 0 Å². The highest BCUT2D eigenvalue weighted by molar-refractivity contribution is 5.94. The van der Waals surface area contributed by atoms with E-state index in [9.17, 15) is 9.59 Å². The van der Waals surface area contributed by atoms with Gasteiger partial charge in [0, 0.05) is 18.8 Å². The largest absolute Gasteiger partial charge is 0.347 e. The third kappa shape index (κ3) is 3.35. The molecule has 2 aromatic rings. The third-order valence-electron chi connectivity index (χ3n) is 3.57. The zero-order chi connectivity index (χ0) is 16.1. The van der Waals surface area contributed by atoms with Crippen molar-refractivity contribution in [2.24, 2.45) is 7.05 Å². The Hall–Kier alpha value is -2.60. The number of aryl methyl sites for hydroxylation is 1. The van der Waals surface area contributed by atoms with E-state index in [2.05, 4.69) is 5.32 Å². The van der Waals surface area contributed by atoms with E-state index in [1.165, 1.54) is 0 Å². The normalized spacial score (nSPS) is 11.8. The van der Waals surface area contributed by atoms with Crippen LogP contribution in [0.2, 0.25) is 0 Å². The van der Waals surface area contributed by atoms with Crippen LogP contribution in [-0.4, -0.2) is 21.6 Å². The van der Waals surface area contributed by atoms with Crippen LogP contribution in [0.25, 0.3) is 0 Å². The van der Waals surface area contributed by atoms with Crippen molar-refractivity contribution in [1.82, 2.24) is 15.4 Å². The van der Waals surface area contributed by atoms with Gasteiger partial charge in [-0.25, -0.2) is 5.48 Å². The predicted molar refractivity (Wildman–Crippen MR) is 81.6 cm³/mol. The van der Waals surface area contributed by atoms with Gasteiger partial charge >= 0.3 is 0 Å². The number of rotatable bonds is 5. The van der Waals surface area contributed by atoms with Gasteiger partial charge in [0.15, 0.2) is 0 Å². The Balaban J connectivity index is 2.13. The Bertz CT molecular complexity index is 662. The Morgan fingerprint density at radius 3 is 2.36 bits per heavy atom. The highest BCUT2D eigenvalue weighted by Gasteiger charge is 2.16. The monoisotopic (exact) mass is 301 g/mol. The van der Waals surface area contributed by atoms with Gasteiger partial charge in [-0.05, 0) is 36.2 Å². The zero-order valence-corrected chi connectivity index (χ0v) is 12.5. The average Bonchev–Trinajstić information content (AvgIpc) is 2.98. The number of nitrogens with zero attached hydrogens (tertiary/aromatic N) is 1. The van der Waals surface area contributed by atoms with E-state index in [1.54, 1.807) is 40.4 Å². The highest BCUT2D eigenvalue weighted by atomic mass is 16.5. The number of carbonyl (C=O) groups excluding carboxylic acids is 2. The maximum Gasteiger partial charge on any atom is 0.274 e. The molecule has 1 aromatic heterocycles. The summed E-state index contributed by atoms with van der Waals surface area (Å²) in [6.07, 6.45) is 2.54. The summed E-state index contributed by atoms with van der Waals surface area (Å²) < 4.78 is 1.76. The minimum Gasteiger partial charge on any atom is -0.347 e. The van der Waals surface area contributed by atoms with Gasteiger partial charge in [-0.15, -0.1) is 0 Å². The van der Waals surface area contributed by atoms with Gasteiger partial charge in [-0.3, -0.25) is 14.8 Å². The summed E-state index contributed by atoms with van der Waals surface area (Å²) in [7, 11) is 1.82. The van der Waals surface area contributed by atoms with Crippen LogP contribution in [0.3, 0.4) is 0 Å². The minimum absolute atomic E-state index is 0.142. The van der Waals surface area contributed by atoms with E-state index in [1.807, 2.05) is 26.2 Å². The maximum absolute atomic E-state index is 12.3. The number of aromatic nitrogens is 1. The Kier molecular flexibility index (Phi) is 4.95. The molecule has 6 nitrogen and oxygen atoms in total. The molecule has 1 heterocycles. The smallest absolute Gasteiger partial charge is 0.274 e. The van der Waals surface area contributed by atoms with Crippen LogP contribution in [0.1, 0.15) is 45.8 Å². The van der Waals surface area contributed by atoms with Crippen LogP contribution in [0.5, 0.6) is 0 Å². The average molecular weight is 301 g/mol. The summed E-state index contributed by atoms with van der Waals surface area (Å²) in [4.78, 5) is 23.6. The second-order valence-electron chi connectivity index (χ2n) is 5.00. The van der Waals surface area contributed by atoms with Gasteiger partial charge in [0.1, 0.15) is 5.69 Å². The highest BCUT2D eigenvalue weighted by Crippen LogP contribution is 2.18. The molecular formula is C16H19N3O3. The number of amides is 2. The summed E-state index contributed by atoms with van der Waals surface area (Å²) in [5.74, 6) is -0.705. The van der Waals surface area contributed by atoms with Gasteiger partial charge in [-0.2, -0.15) is 0 Å². The molecule has 3 N–H and O–H groups in total. The van der Waals surface area contributed by atoms with Crippen LogP contribution in [0.15, 0.2) is 42.6 Å². The SMILES string of the molecule is CCC(NC(=O)c1cccn1C)c1ccc(C(=O)NO)cc1. The molecule has 1 aromatic carbocycles. The maximum atomic E-state index is 12.3. The van der Waals surface area contributed by atoms with Gasteiger partial charge in [0.2, 0.25) is 0 Å². The van der Waals surface area contributed by atoms with Crippen molar-refractivity contribution in [2.45, 2.75) is 19.4 Å². The first kappa shape index (κ1) is 15.8. The van der Waals surface area contributed by atoms with Crippen LogP contribution in [0.4, 0.5) is 0 Å². The fourth-order valence-corrected chi connectivity index (χ4v) is 2.28. The van der Waals surface area contributed by atoms with E-state index in [4.69, 9.17) is 5.21 Å². The number of hydroxylamine groups is 1. The van der Waals surface area contributed by atoms with E-state index >= 15 is 0 Å². The molecule has 1 unspecified atom stereocenters. The molecule has 2 rings (SSSR count). The van der Waals surface area contributed by atoms with Crippen molar-refractivity contribution < 1.29 is 14.8 Å². The second-order valence-corrected chi connectivity index (χ2v) is 5.00. The fourth-order valence-electron chi connectivity index (χ4n) is 2.28. The summed E-state index contributed by atoms with van der Waals surface area (Å²) in [6.45, 7) is 1.98. The number of benzene rings is 1. The molecule has 0 saturated heterocycles. The summed E-state index contributed by atoms with van der Waals surface area (Å²) >= 11 is 0. The molecule has 0 fully saturated rings. The first-order chi connectivity index (χ1) is 10.6. The van der Waals surface area contributed by atoms with Gasteiger partial charge in [-0.1, -0.05) is 19.1 Å². The Morgan fingerprint density at radius 2 is 1.86 bits per heavy atom. The van der Waals surface area contributed by atoms with Crippen LogP contribution >= 0.6 is 0 Å². The molecular weight excluding hydrogens is 282 g/mol. The molecule has 1 atom stereocenters. The topological polar surface area (TPSA) is 83.4 Å². The lowest BCUT2D eigenvalue weighted by molar-refractivity contribution is 0.0706. The van der Waals surface area contributed by atoms with Crippen LogP contribution in [0, 0.1) is 0 Å². The molecule has 0 bridgehead atoms. The number of carbonyl (C=O) groups is 2. The molecule has 2 amide bonds. The molecule has 6 heteroatoms. The first-order valence-electron chi connectivity index (χ1n) is 7.03. The summed E-state index contributed by atoms with van der Waals surface area (Å²) in [6, 6.07) is 10.2. The molecule has 116 valence electrons. The van der Waals surface area contributed by atoms with Crippen molar-refractivity contribution in [2.75, 3.05) is 0 Å². The molecule has 0 aliphatic heterocycles. The van der Waals surface area contributed by atoms with Gasteiger partial charge < -0.3 is 9.88 Å². The van der Waals surface area contributed by atoms with Crippen molar-refractivity contribution >= 4 is 11.8 Å². The Morgan fingerprint density at radius 1 is 1.18 bits per heavy atom. The Labute approximate surface area is 128 Å². The number of hydrogen-bond acceptors (Lipinski definition) is 3. The first-order valence-corrected chi connectivity index (χ1v) is 7.03. The van der Waals surface area contributed by atoms with Crippen molar-refractivity contribution in [3.05, 3.63) is 59.4 Å². The van der Waals surface area contributed by atoms with Gasteiger partial charge in [0.25, 0.3) is 11.8 Å². The van der Waals surface area contributed by atoms with E-state index < -0.39 is 5.91 Å².